The van der Waals surface area contributed by atoms with Crippen molar-refractivity contribution in [1.82, 2.24) is 14.8 Å². The van der Waals surface area contributed by atoms with E-state index in [1.54, 1.807) is 6.20 Å². The van der Waals surface area contributed by atoms with E-state index in [2.05, 4.69) is 27.3 Å². The number of morpholine rings is 1. The van der Waals surface area contributed by atoms with Gasteiger partial charge in [0.15, 0.2) is 0 Å². The van der Waals surface area contributed by atoms with Gasteiger partial charge in [-0.1, -0.05) is 60.2 Å². The molecule has 2 aromatic carbocycles. The Kier molecular flexibility index (Phi) is 6.35. The Bertz CT molecular complexity index is 1240. The van der Waals surface area contributed by atoms with E-state index in [-0.39, 0.29) is 5.91 Å². The summed E-state index contributed by atoms with van der Waals surface area (Å²) in [6.07, 6.45) is 3.51. The summed E-state index contributed by atoms with van der Waals surface area (Å²) >= 11 is 0. The molecule has 0 unspecified atom stereocenters. The quantitative estimate of drug-likeness (QED) is 0.469. The highest BCUT2D eigenvalue weighted by molar-refractivity contribution is 6.08. The number of hydrogen-bond acceptors (Lipinski definition) is 5. The molecule has 34 heavy (non-hydrogen) atoms. The lowest BCUT2D eigenvalue weighted by atomic mass is 10.1. The molecule has 0 spiro atoms. The van der Waals surface area contributed by atoms with Crippen LogP contribution in [0.4, 0.5) is 11.5 Å². The zero-order chi connectivity index (χ0) is 23.3. The van der Waals surface area contributed by atoms with Crippen molar-refractivity contribution in [2.24, 2.45) is 0 Å². The molecule has 4 aromatic rings. The van der Waals surface area contributed by atoms with Gasteiger partial charge in [0.05, 0.1) is 37.2 Å². The average Bonchev–Trinajstić information content (AvgIpc) is 3.30. The molecule has 3 heterocycles. The van der Waals surface area contributed by atoms with Gasteiger partial charge in [-0.25, -0.2) is 4.98 Å². The molecule has 2 aromatic heterocycles. The minimum atomic E-state index is -0.212. The van der Waals surface area contributed by atoms with Crippen LogP contribution in [0.15, 0.2) is 79.1 Å². The van der Waals surface area contributed by atoms with Crippen LogP contribution in [0.3, 0.4) is 0 Å². The smallest absolute Gasteiger partial charge is 0.259 e. The van der Waals surface area contributed by atoms with E-state index in [9.17, 15) is 4.79 Å². The lowest BCUT2D eigenvalue weighted by Gasteiger charge is -2.27. The lowest BCUT2D eigenvalue weighted by Crippen LogP contribution is -2.36. The van der Waals surface area contributed by atoms with Crippen LogP contribution >= 0.6 is 0 Å². The minimum absolute atomic E-state index is 0.212. The van der Waals surface area contributed by atoms with Gasteiger partial charge in [-0.05, 0) is 24.6 Å². The number of rotatable bonds is 6. The van der Waals surface area contributed by atoms with Crippen LogP contribution in [0.25, 0.3) is 11.3 Å². The van der Waals surface area contributed by atoms with Crippen molar-refractivity contribution in [2.75, 3.05) is 36.5 Å². The number of amides is 1. The van der Waals surface area contributed by atoms with E-state index in [0.717, 1.165) is 35.6 Å². The molecule has 172 valence electrons. The van der Waals surface area contributed by atoms with Crippen LogP contribution in [0, 0.1) is 6.92 Å². The number of pyridine rings is 1. The highest BCUT2D eigenvalue weighted by Crippen LogP contribution is 2.25. The molecule has 1 N–H and O–H groups in total. The van der Waals surface area contributed by atoms with Crippen LogP contribution in [-0.4, -0.2) is 47.0 Å². The third kappa shape index (κ3) is 5.00. The van der Waals surface area contributed by atoms with E-state index in [1.165, 1.54) is 0 Å². The molecule has 1 fully saturated rings. The SMILES string of the molecule is Cc1ccc(-c2nn(Cc3ccccc3)cc2C(=O)Nc2ccc(N3CCOCC3)nc2)cc1. The number of carbonyl (C=O) groups is 1. The van der Waals surface area contributed by atoms with E-state index in [1.807, 2.05) is 72.4 Å². The van der Waals surface area contributed by atoms with Gasteiger partial charge in [-0.2, -0.15) is 5.10 Å². The lowest BCUT2D eigenvalue weighted by molar-refractivity contribution is 0.102. The predicted molar refractivity (Wildman–Crippen MR) is 133 cm³/mol. The molecule has 1 saturated heterocycles. The molecular weight excluding hydrogens is 426 g/mol. The first-order valence-electron chi connectivity index (χ1n) is 11.4. The van der Waals surface area contributed by atoms with Crippen molar-refractivity contribution in [3.63, 3.8) is 0 Å². The van der Waals surface area contributed by atoms with Gasteiger partial charge in [-0.15, -0.1) is 0 Å². The second kappa shape index (κ2) is 9.89. The second-order valence-electron chi connectivity index (χ2n) is 8.40. The van der Waals surface area contributed by atoms with Crippen LogP contribution in [0.5, 0.6) is 0 Å². The highest BCUT2D eigenvalue weighted by Gasteiger charge is 2.19. The van der Waals surface area contributed by atoms with Crippen LogP contribution in [-0.2, 0) is 11.3 Å². The van der Waals surface area contributed by atoms with E-state index in [0.29, 0.717) is 36.7 Å². The summed E-state index contributed by atoms with van der Waals surface area (Å²) in [5.74, 6) is 0.674. The summed E-state index contributed by atoms with van der Waals surface area (Å²) in [7, 11) is 0. The maximum absolute atomic E-state index is 13.3. The third-order valence-electron chi connectivity index (χ3n) is 5.86. The normalized spacial score (nSPS) is 13.6. The first-order chi connectivity index (χ1) is 16.7. The number of hydrogen-bond donors (Lipinski definition) is 1. The average molecular weight is 454 g/mol. The van der Waals surface area contributed by atoms with Gasteiger partial charge >= 0.3 is 0 Å². The van der Waals surface area contributed by atoms with Crippen LogP contribution in [0.1, 0.15) is 21.5 Å². The highest BCUT2D eigenvalue weighted by atomic mass is 16.5. The zero-order valence-electron chi connectivity index (χ0n) is 19.1. The summed E-state index contributed by atoms with van der Waals surface area (Å²) in [5, 5.41) is 7.75. The minimum Gasteiger partial charge on any atom is -0.378 e. The number of anilines is 2. The van der Waals surface area contributed by atoms with Crippen molar-refractivity contribution in [1.29, 1.82) is 0 Å². The summed E-state index contributed by atoms with van der Waals surface area (Å²) in [6, 6.07) is 22.0. The first-order valence-corrected chi connectivity index (χ1v) is 11.4. The molecule has 0 atom stereocenters. The van der Waals surface area contributed by atoms with Gasteiger partial charge in [0.25, 0.3) is 5.91 Å². The number of nitrogens with one attached hydrogen (secondary N) is 1. The molecule has 5 rings (SSSR count). The fourth-order valence-corrected chi connectivity index (χ4v) is 4.00. The van der Waals surface area contributed by atoms with E-state index in [4.69, 9.17) is 9.84 Å². The van der Waals surface area contributed by atoms with E-state index < -0.39 is 0 Å². The number of ether oxygens (including phenoxy) is 1. The molecule has 1 aliphatic rings. The molecule has 0 radical (unpaired) electrons. The Morgan fingerprint density at radius 1 is 1.00 bits per heavy atom. The second-order valence-corrected chi connectivity index (χ2v) is 8.40. The van der Waals surface area contributed by atoms with Crippen molar-refractivity contribution in [3.05, 3.63) is 95.8 Å². The Morgan fingerprint density at radius 3 is 2.47 bits per heavy atom. The molecular formula is C27H27N5O2. The van der Waals surface area contributed by atoms with Crippen molar-refractivity contribution in [3.8, 4) is 11.3 Å². The fourth-order valence-electron chi connectivity index (χ4n) is 4.00. The van der Waals surface area contributed by atoms with E-state index >= 15 is 0 Å². The number of aryl methyl sites for hydroxylation is 1. The molecule has 7 nitrogen and oxygen atoms in total. The Balaban J connectivity index is 1.39. The standard InChI is InChI=1S/C27H27N5O2/c1-20-7-9-22(10-8-20)26-24(19-32(30-26)18-21-5-3-2-4-6-21)27(33)29-23-11-12-25(28-17-23)31-13-15-34-16-14-31/h2-12,17,19H,13-16,18H2,1H3,(H,29,33). The predicted octanol–water partition coefficient (Wildman–Crippen LogP) is 4.39. The molecule has 1 amide bonds. The Morgan fingerprint density at radius 2 is 1.76 bits per heavy atom. The topological polar surface area (TPSA) is 72.3 Å². The largest absolute Gasteiger partial charge is 0.378 e. The summed E-state index contributed by atoms with van der Waals surface area (Å²) < 4.78 is 7.22. The number of carbonyl (C=O) groups excluding carboxylic acids is 1. The molecule has 0 bridgehead atoms. The maximum atomic E-state index is 13.3. The van der Waals surface area contributed by atoms with Gasteiger partial charge in [0, 0.05) is 24.8 Å². The van der Waals surface area contributed by atoms with Gasteiger partial charge < -0.3 is 15.0 Å². The van der Waals surface area contributed by atoms with Crippen LogP contribution in [0.2, 0.25) is 0 Å². The summed E-state index contributed by atoms with van der Waals surface area (Å²) in [6.45, 7) is 5.67. The van der Waals surface area contributed by atoms with Gasteiger partial charge in [-0.3, -0.25) is 9.48 Å². The zero-order valence-corrected chi connectivity index (χ0v) is 19.1. The van der Waals surface area contributed by atoms with Crippen molar-refractivity contribution >= 4 is 17.4 Å². The molecule has 7 heteroatoms. The number of aromatic nitrogens is 3. The summed E-state index contributed by atoms with van der Waals surface area (Å²) in [5.41, 5.74) is 5.01. The van der Waals surface area contributed by atoms with Crippen molar-refractivity contribution < 1.29 is 9.53 Å². The maximum Gasteiger partial charge on any atom is 0.259 e. The van der Waals surface area contributed by atoms with Gasteiger partial charge in [0.1, 0.15) is 11.5 Å². The molecule has 1 aliphatic heterocycles. The first kappa shape index (κ1) is 21.9. The Labute approximate surface area is 199 Å². The fraction of sp³-hybridized carbons (Fsp3) is 0.222. The molecule has 0 saturated carbocycles. The monoisotopic (exact) mass is 453 g/mol. The van der Waals surface area contributed by atoms with Crippen molar-refractivity contribution in [2.45, 2.75) is 13.5 Å². The Hall–Kier alpha value is -3.97. The third-order valence-corrected chi connectivity index (χ3v) is 5.86. The summed E-state index contributed by atoms with van der Waals surface area (Å²) in [4.78, 5) is 20.0. The number of benzene rings is 2. The van der Waals surface area contributed by atoms with Gasteiger partial charge in [0.2, 0.25) is 0 Å². The number of nitrogens with zero attached hydrogens (tertiary/aromatic N) is 4. The molecule has 0 aliphatic carbocycles. The van der Waals surface area contributed by atoms with Crippen LogP contribution < -0.4 is 10.2 Å².